The number of hydrogen-bond donors (Lipinski definition) is 0. The van der Waals surface area contributed by atoms with E-state index in [2.05, 4.69) is 200 Å². The molecule has 8 aromatic rings. The lowest BCUT2D eigenvalue weighted by molar-refractivity contribution is -0.758. The average Bonchev–Trinajstić information content (AvgIpc) is 3.65. The molecule has 2 aromatic heterocycles. The van der Waals surface area contributed by atoms with Crippen LogP contribution in [0.15, 0.2) is 158 Å². The van der Waals surface area contributed by atoms with Crippen LogP contribution in [0.2, 0.25) is 0 Å². The molecule has 1 aliphatic carbocycles. The van der Waals surface area contributed by atoms with Gasteiger partial charge in [0.25, 0.3) is 0 Å². The zero-order valence-corrected chi connectivity index (χ0v) is 31.0. The number of fused-ring (bicyclic) bond motifs is 9. The molecule has 0 fully saturated rings. The Morgan fingerprint density at radius 3 is 1.98 bits per heavy atom. The summed E-state index contributed by atoms with van der Waals surface area (Å²) in [5, 5.41) is 2.53. The molecule has 0 radical (unpaired) electrons. The summed E-state index contributed by atoms with van der Waals surface area (Å²) in [5.41, 5.74) is 16.6. The van der Waals surface area contributed by atoms with Gasteiger partial charge < -0.3 is 9.47 Å². The Morgan fingerprint density at radius 2 is 1.25 bits per heavy atom. The molecule has 53 heavy (non-hydrogen) atoms. The van der Waals surface area contributed by atoms with Crippen LogP contribution in [-0.4, -0.2) is 4.57 Å². The van der Waals surface area contributed by atoms with Gasteiger partial charge >= 0.3 is 0 Å². The lowest BCUT2D eigenvalue weighted by Crippen LogP contribution is -2.60. The van der Waals surface area contributed by atoms with Crippen molar-refractivity contribution in [3.05, 3.63) is 175 Å². The van der Waals surface area contributed by atoms with Crippen molar-refractivity contribution in [3.8, 4) is 28.1 Å². The van der Waals surface area contributed by atoms with E-state index in [0.717, 1.165) is 36.3 Å². The highest BCUT2D eigenvalue weighted by molar-refractivity contribution is 6.13. The lowest BCUT2D eigenvalue weighted by Gasteiger charge is -2.33. The zero-order chi connectivity index (χ0) is 35.9. The average molecular weight is 687 g/mol. The van der Waals surface area contributed by atoms with Gasteiger partial charge in [0.05, 0.1) is 16.6 Å². The summed E-state index contributed by atoms with van der Waals surface area (Å²) >= 11 is 0. The summed E-state index contributed by atoms with van der Waals surface area (Å²) in [6.45, 7) is 9.45. The van der Waals surface area contributed by atoms with E-state index in [1.165, 1.54) is 66.6 Å². The Morgan fingerprint density at radius 1 is 0.566 bits per heavy atom. The number of rotatable bonds is 6. The predicted molar refractivity (Wildman–Crippen MR) is 221 cm³/mol. The minimum atomic E-state index is -0.0982. The predicted octanol–water partition coefficient (Wildman–Crippen LogP) is 12.6. The van der Waals surface area contributed by atoms with Crippen molar-refractivity contribution in [2.24, 2.45) is 0 Å². The van der Waals surface area contributed by atoms with Crippen molar-refractivity contribution < 1.29 is 4.57 Å². The van der Waals surface area contributed by atoms with Gasteiger partial charge in [-0.15, -0.1) is 0 Å². The third-order valence-electron chi connectivity index (χ3n) is 12.6. The Labute approximate surface area is 312 Å². The highest BCUT2D eigenvalue weighted by Gasteiger charge is 2.43. The van der Waals surface area contributed by atoms with Crippen molar-refractivity contribution in [1.82, 2.24) is 4.57 Å². The SMILES string of the molecule is CCC1(CC)Cc2ccc(-n3c4ccc(N(c5ccccc5)c5ccccc5)cc4c4cc5c(cc43)C(C)(C)c3ccccc3-5)cc2-c2cccc[n+]21. The highest BCUT2D eigenvalue weighted by atomic mass is 15.1. The molecule has 0 atom stereocenters. The molecule has 0 saturated heterocycles. The first-order valence-electron chi connectivity index (χ1n) is 19.2. The molecule has 0 saturated carbocycles. The fourth-order valence-electron chi connectivity index (χ4n) is 9.67. The smallest absolute Gasteiger partial charge is 0.213 e. The third-order valence-corrected chi connectivity index (χ3v) is 12.6. The molecule has 3 heterocycles. The van der Waals surface area contributed by atoms with E-state index < -0.39 is 0 Å². The van der Waals surface area contributed by atoms with Gasteiger partial charge in [0, 0.05) is 70.3 Å². The van der Waals surface area contributed by atoms with Crippen LogP contribution in [0.4, 0.5) is 17.1 Å². The molecule has 10 rings (SSSR count). The molecule has 0 amide bonds. The van der Waals surface area contributed by atoms with E-state index in [9.17, 15) is 0 Å². The second kappa shape index (κ2) is 11.8. The number of nitrogens with zero attached hydrogens (tertiary/aromatic N) is 3. The minimum Gasteiger partial charge on any atom is -0.310 e. The van der Waals surface area contributed by atoms with Crippen molar-refractivity contribution in [2.75, 3.05) is 4.90 Å². The maximum atomic E-state index is 2.56. The molecule has 3 heteroatoms. The molecular formula is C50H44N3+. The maximum absolute atomic E-state index is 2.56. The molecule has 6 aromatic carbocycles. The normalized spacial score (nSPS) is 14.8. The molecule has 0 N–H and O–H groups in total. The lowest BCUT2D eigenvalue weighted by atomic mass is 9.79. The van der Waals surface area contributed by atoms with Gasteiger partial charge in [-0.05, 0) is 101 Å². The molecular weight excluding hydrogens is 643 g/mol. The fourth-order valence-corrected chi connectivity index (χ4v) is 9.67. The van der Waals surface area contributed by atoms with Crippen LogP contribution >= 0.6 is 0 Å². The van der Waals surface area contributed by atoms with E-state index >= 15 is 0 Å². The van der Waals surface area contributed by atoms with Gasteiger partial charge in [0.1, 0.15) is 0 Å². The fraction of sp³-hybridized carbons (Fsp3) is 0.180. The standard InChI is InChI=1S/C50H44N3/c1-5-50(6-2)33-34-24-25-38(29-40(34)46-23-15-16-28-51(46)50)53-47-27-26-37(52(35-17-9-7-10-18-35)36-19-11-8-12-20-36)30-42(47)43-31-41-39-21-13-14-22-44(39)49(3,4)45(41)32-48(43)53/h7-32H,5-6,33H2,1-4H3/q+1. The Hall–Kier alpha value is -5.93. The molecule has 3 nitrogen and oxygen atoms in total. The largest absolute Gasteiger partial charge is 0.310 e. The van der Waals surface area contributed by atoms with Crippen LogP contribution in [-0.2, 0) is 17.4 Å². The van der Waals surface area contributed by atoms with E-state index in [1.807, 2.05) is 0 Å². The molecule has 1 aliphatic heterocycles. The van der Waals surface area contributed by atoms with E-state index in [4.69, 9.17) is 0 Å². The minimum absolute atomic E-state index is 0.0961. The third kappa shape index (κ3) is 4.63. The quantitative estimate of drug-likeness (QED) is 0.159. The van der Waals surface area contributed by atoms with E-state index in [1.54, 1.807) is 0 Å². The van der Waals surface area contributed by atoms with Crippen molar-refractivity contribution in [1.29, 1.82) is 0 Å². The Balaban J connectivity index is 1.25. The summed E-state index contributed by atoms with van der Waals surface area (Å²) < 4.78 is 5.09. The van der Waals surface area contributed by atoms with E-state index in [-0.39, 0.29) is 11.0 Å². The molecule has 0 unspecified atom stereocenters. The van der Waals surface area contributed by atoms with Gasteiger partial charge in [-0.25, -0.2) is 0 Å². The van der Waals surface area contributed by atoms with E-state index in [0.29, 0.717) is 0 Å². The monoisotopic (exact) mass is 686 g/mol. The number of anilines is 3. The first kappa shape index (κ1) is 31.8. The summed E-state index contributed by atoms with van der Waals surface area (Å²) in [7, 11) is 0. The first-order valence-corrected chi connectivity index (χ1v) is 19.2. The topological polar surface area (TPSA) is 12.1 Å². The maximum Gasteiger partial charge on any atom is 0.213 e. The number of aromatic nitrogens is 2. The number of para-hydroxylation sites is 2. The van der Waals surface area contributed by atoms with Gasteiger partial charge in [-0.2, -0.15) is 4.57 Å². The second-order valence-corrected chi connectivity index (χ2v) is 15.5. The summed E-state index contributed by atoms with van der Waals surface area (Å²) in [5.74, 6) is 0. The number of benzene rings is 6. The van der Waals surface area contributed by atoms with Crippen LogP contribution in [0.3, 0.4) is 0 Å². The van der Waals surface area contributed by atoms with Gasteiger partial charge in [-0.1, -0.05) is 94.4 Å². The highest BCUT2D eigenvalue weighted by Crippen LogP contribution is 2.51. The van der Waals surface area contributed by atoms with Crippen LogP contribution in [0.25, 0.3) is 49.9 Å². The molecule has 258 valence electrons. The molecule has 2 aliphatic rings. The van der Waals surface area contributed by atoms with Gasteiger partial charge in [0.2, 0.25) is 5.69 Å². The Kier molecular flexibility index (Phi) is 7.07. The van der Waals surface area contributed by atoms with Crippen LogP contribution in [0, 0.1) is 0 Å². The van der Waals surface area contributed by atoms with Crippen molar-refractivity contribution in [2.45, 2.75) is 57.9 Å². The second-order valence-electron chi connectivity index (χ2n) is 15.5. The number of hydrogen-bond acceptors (Lipinski definition) is 1. The molecule has 0 spiro atoms. The first-order chi connectivity index (χ1) is 25.9. The number of pyridine rings is 1. The van der Waals surface area contributed by atoms with Gasteiger partial charge in [-0.3, -0.25) is 0 Å². The summed E-state index contributed by atoms with van der Waals surface area (Å²) in [4.78, 5) is 2.37. The van der Waals surface area contributed by atoms with Crippen molar-refractivity contribution >= 4 is 38.9 Å². The molecule has 0 bridgehead atoms. The Bertz CT molecular complexity index is 2660. The van der Waals surface area contributed by atoms with Crippen LogP contribution < -0.4 is 9.47 Å². The summed E-state index contributed by atoms with van der Waals surface area (Å²) in [6.07, 6.45) is 5.55. The van der Waals surface area contributed by atoms with Crippen LogP contribution in [0.1, 0.15) is 57.2 Å². The summed E-state index contributed by atoms with van der Waals surface area (Å²) in [6, 6.07) is 56.4. The van der Waals surface area contributed by atoms with Crippen LogP contribution in [0.5, 0.6) is 0 Å². The van der Waals surface area contributed by atoms with Gasteiger partial charge in [0.15, 0.2) is 11.7 Å². The zero-order valence-electron chi connectivity index (χ0n) is 31.0. The van der Waals surface area contributed by atoms with Crippen molar-refractivity contribution in [3.63, 3.8) is 0 Å².